The third kappa shape index (κ3) is 3.73. The Balaban J connectivity index is 1.82. The van der Waals surface area contributed by atoms with Crippen molar-refractivity contribution in [2.75, 3.05) is 32.1 Å². The van der Waals surface area contributed by atoms with Gasteiger partial charge in [-0.3, -0.25) is 0 Å². The minimum atomic E-state index is -4.34. The van der Waals surface area contributed by atoms with Crippen molar-refractivity contribution < 1.29 is 26.3 Å². The largest absolute Gasteiger partial charge is 0.392 e. The smallest absolute Gasteiger partial charge is 0.381 e. The first-order valence-electron chi connectivity index (χ1n) is 9.16. The van der Waals surface area contributed by atoms with Gasteiger partial charge in [-0.1, -0.05) is 12.8 Å². The van der Waals surface area contributed by atoms with E-state index in [0.717, 1.165) is 12.8 Å². The van der Waals surface area contributed by atoms with E-state index in [1.165, 1.54) is 4.31 Å². The minimum absolute atomic E-state index is 0.121. The Hall–Kier alpha value is -0.850. The van der Waals surface area contributed by atoms with Crippen molar-refractivity contribution in [1.82, 2.24) is 4.31 Å². The lowest BCUT2D eigenvalue weighted by atomic mass is 9.66. The van der Waals surface area contributed by atoms with Crippen LogP contribution in [0.3, 0.4) is 0 Å². The van der Waals surface area contributed by atoms with Gasteiger partial charge in [0, 0.05) is 26.3 Å². The summed E-state index contributed by atoms with van der Waals surface area (Å²) in [7, 11) is -3.78. The predicted molar refractivity (Wildman–Crippen MR) is 88.5 cm³/mol. The average Bonchev–Trinajstić information content (AvgIpc) is 3.02. The molecule has 5 nitrogen and oxygen atoms in total. The van der Waals surface area contributed by atoms with Crippen LogP contribution in [0.1, 0.15) is 44.9 Å². The summed E-state index contributed by atoms with van der Waals surface area (Å²) in [6, 6.07) is 2.17. The quantitative estimate of drug-likeness (QED) is 0.738. The van der Waals surface area contributed by atoms with Crippen molar-refractivity contribution in [2.45, 2.75) is 51.1 Å². The molecule has 0 aromatic carbocycles. The van der Waals surface area contributed by atoms with Crippen LogP contribution in [0.15, 0.2) is 0 Å². The molecule has 0 N–H and O–H groups in total. The summed E-state index contributed by atoms with van der Waals surface area (Å²) in [5.74, 6) is -1.78. The molecule has 3 aliphatic rings. The van der Waals surface area contributed by atoms with Gasteiger partial charge in [-0.25, -0.2) is 12.7 Å². The van der Waals surface area contributed by atoms with Gasteiger partial charge in [0.2, 0.25) is 10.0 Å². The van der Waals surface area contributed by atoms with Crippen LogP contribution in [0.4, 0.5) is 13.2 Å². The van der Waals surface area contributed by atoms with E-state index in [4.69, 9.17) is 4.74 Å². The molecule has 1 unspecified atom stereocenters. The molecule has 2 saturated heterocycles. The molecular formula is C17H25F3N2O3S. The Morgan fingerprint density at radius 3 is 2.31 bits per heavy atom. The number of ether oxygens (including phenoxy) is 1. The Morgan fingerprint density at radius 1 is 1.15 bits per heavy atom. The number of hydrogen-bond acceptors (Lipinski definition) is 4. The third-order valence-corrected chi connectivity index (χ3v) is 8.45. The summed E-state index contributed by atoms with van der Waals surface area (Å²) < 4.78 is 73.1. The molecule has 1 spiro atoms. The lowest BCUT2D eigenvalue weighted by Crippen LogP contribution is -2.57. The number of halogens is 3. The summed E-state index contributed by atoms with van der Waals surface area (Å²) in [4.78, 5) is 0. The zero-order valence-electron chi connectivity index (χ0n) is 14.7. The van der Waals surface area contributed by atoms with Crippen LogP contribution in [0.5, 0.6) is 0 Å². The van der Waals surface area contributed by atoms with Crippen molar-refractivity contribution in [2.24, 2.45) is 16.7 Å². The van der Waals surface area contributed by atoms with Crippen LogP contribution >= 0.6 is 0 Å². The fourth-order valence-corrected chi connectivity index (χ4v) is 7.00. The van der Waals surface area contributed by atoms with Crippen molar-refractivity contribution in [1.29, 1.82) is 5.26 Å². The van der Waals surface area contributed by atoms with E-state index in [0.29, 0.717) is 12.8 Å². The SMILES string of the molecule is N#CC1(CS(=O)(=O)N2CCC(C(F)(F)F)C3(CCOCC3)C2)CCCC1. The summed E-state index contributed by atoms with van der Waals surface area (Å²) in [5, 5.41) is 9.47. The van der Waals surface area contributed by atoms with Gasteiger partial charge in [0.05, 0.1) is 23.2 Å². The number of rotatable bonds is 3. The molecule has 3 rings (SSSR count). The van der Waals surface area contributed by atoms with Gasteiger partial charge in [-0.05, 0) is 37.5 Å². The van der Waals surface area contributed by atoms with Crippen LogP contribution < -0.4 is 0 Å². The van der Waals surface area contributed by atoms with E-state index in [1.807, 2.05) is 0 Å². The lowest BCUT2D eigenvalue weighted by Gasteiger charge is -2.50. The normalized spacial score (nSPS) is 29.5. The molecule has 0 amide bonds. The van der Waals surface area contributed by atoms with Crippen LogP contribution in [0, 0.1) is 28.1 Å². The number of nitriles is 1. The topological polar surface area (TPSA) is 70.4 Å². The van der Waals surface area contributed by atoms with Gasteiger partial charge in [-0.2, -0.15) is 18.4 Å². The van der Waals surface area contributed by atoms with Gasteiger partial charge in [0.15, 0.2) is 0 Å². The Morgan fingerprint density at radius 2 is 1.77 bits per heavy atom. The first-order valence-corrected chi connectivity index (χ1v) is 10.8. The maximum Gasteiger partial charge on any atom is 0.392 e. The van der Waals surface area contributed by atoms with E-state index < -0.39 is 32.9 Å². The van der Waals surface area contributed by atoms with E-state index in [1.54, 1.807) is 0 Å². The van der Waals surface area contributed by atoms with Crippen LogP contribution in [0.2, 0.25) is 0 Å². The van der Waals surface area contributed by atoms with E-state index in [-0.39, 0.29) is 51.3 Å². The van der Waals surface area contributed by atoms with E-state index in [2.05, 4.69) is 6.07 Å². The summed E-state index contributed by atoms with van der Waals surface area (Å²) in [6.45, 7) is 0.201. The number of alkyl halides is 3. The number of nitrogens with zero attached hydrogens (tertiary/aromatic N) is 2. The van der Waals surface area contributed by atoms with Gasteiger partial charge in [-0.15, -0.1) is 0 Å². The molecule has 9 heteroatoms. The molecule has 0 bridgehead atoms. The number of piperidine rings is 1. The fourth-order valence-electron chi connectivity index (χ4n) is 4.93. The number of hydrogen-bond donors (Lipinski definition) is 0. The van der Waals surface area contributed by atoms with Gasteiger partial charge in [0.1, 0.15) is 0 Å². The standard InChI is InChI=1S/C17H25F3N2O3S/c18-17(19,20)14-3-8-22(12-16(14)6-9-25-10-7-16)26(23,24)13-15(11-21)4-1-2-5-15/h14H,1-10,12-13H2. The fraction of sp³-hybridized carbons (Fsp3) is 0.941. The second-order valence-electron chi connectivity index (χ2n) is 8.05. The highest BCUT2D eigenvalue weighted by atomic mass is 32.2. The van der Waals surface area contributed by atoms with Crippen LogP contribution in [0.25, 0.3) is 0 Å². The molecule has 148 valence electrons. The van der Waals surface area contributed by atoms with Gasteiger partial charge >= 0.3 is 6.18 Å². The Labute approximate surface area is 152 Å². The molecule has 26 heavy (non-hydrogen) atoms. The monoisotopic (exact) mass is 394 g/mol. The predicted octanol–water partition coefficient (Wildman–Crippen LogP) is 3.08. The van der Waals surface area contributed by atoms with Crippen molar-refractivity contribution in [3.05, 3.63) is 0 Å². The van der Waals surface area contributed by atoms with Crippen LogP contribution in [-0.2, 0) is 14.8 Å². The highest BCUT2D eigenvalue weighted by molar-refractivity contribution is 7.89. The van der Waals surface area contributed by atoms with Crippen molar-refractivity contribution in [3.63, 3.8) is 0 Å². The van der Waals surface area contributed by atoms with Gasteiger partial charge in [0.25, 0.3) is 0 Å². The first-order chi connectivity index (χ1) is 12.1. The molecule has 1 aliphatic carbocycles. The highest BCUT2D eigenvalue weighted by Gasteiger charge is 2.57. The molecule has 0 aromatic rings. The first kappa shape index (κ1) is 19.9. The third-order valence-electron chi connectivity index (χ3n) is 6.43. The molecule has 3 fully saturated rings. The summed E-state index contributed by atoms with van der Waals surface area (Å²) in [6.07, 6.45) is -1.41. The second kappa shape index (κ2) is 6.95. The zero-order valence-corrected chi connectivity index (χ0v) is 15.5. The molecule has 1 saturated carbocycles. The average molecular weight is 394 g/mol. The molecule has 0 radical (unpaired) electrons. The van der Waals surface area contributed by atoms with E-state index in [9.17, 15) is 26.9 Å². The lowest BCUT2D eigenvalue weighted by molar-refractivity contribution is -0.231. The molecular weight excluding hydrogens is 369 g/mol. The second-order valence-corrected chi connectivity index (χ2v) is 10.0. The molecule has 1 atom stereocenters. The molecule has 0 aromatic heterocycles. The maximum atomic E-state index is 13.6. The van der Waals surface area contributed by atoms with Crippen molar-refractivity contribution >= 4 is 10.0 Å². The minimum Gasteiger partial charge on any atom is -0.381 e. The Bertz CT molecular complexity index is 660. The van der Waals surface area contributed by atoms with Crippen LogP contribution in [-0.4, -0.2) is 51.0 Å². The maximum absolute atomic E-state index is 13.6. The summed E-state index contributed by atoms with van der Waals surface area (Å²) >= 11 is 0. The Kier molecular flexibility index (Phi) is 5.32. The van der Waals surface area contributed by atoms with Crippen molar-refractivity contribution in [3.8, 4) is 6.07 Å². The van der Waals surface area contributed by atoms with Gasteiger partial charge < -0.3 is 4.74 Å². The molecule has 2 heterocycles. The molecule has 2 aliphatic heterocycles. The zero-order chi connectivity index (χ0) is 19.1. The van der Waals surface area contributed by atoms with E-state index >= 15 is 0 Å². The highest BCUT2D eigenvalue weighted by Crippen LogP contribution is 2.51. The summed E-state index contributed by atoms with van der Waals surface area (Å²) in [5.41, 5.74) is -2.00. The number of sulfonamides is 1.